The second kappa shape index (κ2) is 16.3. The Hall–Kier alpha value is -2.93. The van der Waals surface area contributed by atoms with E-state index >= 15 is 0 Å². The van der Waals surface area contributed by atoms with Crippen molar-refractivity contribution in [3.63, 3.8) is 0 Å². The van der Waals surface area contributed by atoms with Crippen molar-refractivity contribution in [3.05, 3.63) is 34.9 Å². The van der Waals surface area contributed by atoms with E-state index in [0.717, 1.165) is 76.0 Å². The first kappa shape index (κ1) is 37.5. The van der Waals surface area contributed by atoms with E-state index in [1.54, 1.807) is 36.5 Å². The Morgan fingerprint density at radius 1 is 1.02 bits per heavy atom. The van der Waals surface area contributed by atoms with Crippen LogP contribution in [0.3, 0.4) is 0 Å². The van der Waals surface area contributed by atoms with Crippen LogP contribution in [0.25, 0.3) is 5.65 Å². The molecule has 3 aliphatic heterocycles. The number of fused-ring (bicyclic) bond motifs is 9. The first-order valence-corrected chi connectivity index (χ1v) is 17.0. The van der Waals surface area contributed by atoms with Crippen LogP contribution in [0.15, 0.2) is 18.0 Å². The molecule has 12 heteroatoms. The molecule has 12 nitrogen and oxygen atoms in total. The second-order valence-corrected chi connectivity index (χ2v) is 13.8. The van der Waals surface area contributed by atoms with E-state index in [2.05, 4.69) is 11.8 Å². The van der Waals surface area contributed by atoms with Gasteiger partial charge in [0.05, 0.1) is 35.6 Å². The molecule has 46 heavy (non-hydrogen) atoms. The van der Waals surface area contributed by atoms with Crippen LogP contribution in [0.2, 0.25) is 0 Å². The fourth-order valence-electron chi connectivity index (χ4n) is 6.24. The van der Waals surface area contributed by atoms with E-state index in [-0.39, 0.29) is 12.0 Å². The molecule has 0 amide bonds. The lowest BCUT2D eigenvalue weighted by atomic mass is 9.82. The van der Waals surface area contributed by atoms with Gasteiger partial charge in [0, 0.05) is 49.8 Å². The van der Waals surface area contributed by atoms with Crippen LogP contribution in [-0.2, 0) is 27.2 Å². The highest BCUT2D eigenvalue weighted by molar-refractivity contribution is 5.74. The molecule has 1 spiro atoms. The highest BCUT2D eigenvalue weighted by atomic mass is 16.5. The molecular formula is C34H59N7O5. The second-order valence-electron chi connectivity index (χ2n) is 13.8. The number of aliphatic carboxylic acids is 1. The minimum absolute atomic E-state index is 0.117. The maximum absolute atomic E-state index is 11.8. The average molecular weight is 646 g/mol. The van der Waals surface area contributed by atoms with Gasteiger partial charge in [-0.15, -0.1) is 0 Å². The predicted octanol–water partition coefficient (Wildman–Crippen LogP) is 4.83. The van der Waals surface area contributed by atoms with Gasteiger partial charge >= 0.3 is 5.97 Å². The number of hydrogen-bond donors (Lipinski definition) is 4. The Balaban J connectivity index is 0.000000752. The molecule has 1 aliphatic carbocycles. The van der Waals surface area contributed by atoms with Crippen LogP contribution in [-0.4, -0.2) is 78.9 Å². The number of nitrogens with two attached hydrogens (primary N) is 2. The Labute approximate surface area is 275 Å². The van der Waals surface area contributed by atoms with Crippen LogP contribution < -0.4 is 16.5 Å². The fourth-order valence-corrected chi connectivity index (χ4v) is 6.24. The molecule has 4 aliphatic rings. The van der Waals surface area contributed by atoms with Gasteiger partial charge in [0.2, 0.25) is 0 Å². The number of anilines is 1. The average Bonchev–Trinajstić information content (AvgIpc) is 3.37. The number of aryl methyl sites for hydroxylation is 1. The molecule has 6 rings (SSSR count). The number of carboxylic acids is 1. The molecule has 0 atom stereocenters. The Kier molecular flexibility index (Phi) is 13.3. The van der Waals surface area contributed by atoms with E-state index in [1.165, 1.54) is 6.42 Å². The summed E-state index contributed by atoms with van der Waals surface area (Å²) in [6.45, 7) is 16.4. The van der Waals surface area contributed by atoms with E-state index in [1.807, 2.05) is 26.8 Å². The van der Waals surface area contributed by atoms with Gasteiger partial charge in [0.15, 0.2) is 5.65 Å². The Morgan fingerprint density at radius 3 is 2.20 bits per heavy atom. The Morgan fingerprint density at radius 2 is 1.61 bits per heavy atom. The first-order valence-electron chi connectivity index (χ1n) is 17.0. The standard InChI is InChI=1S/C28H43N7O4.C4H10O.C2H6/c1-20-22(17-25(36)37)26-33-12-10-27(2,11-13-33)38-14-6-7-15-39-28(8-4-3-5-9-28)23(29)19-34(30)18-21-16-24(31-20)35(26)32-21;1-4(2,3)5;1-2/h16,19H,3-15,17-18,29-30H2,1-2H3,(H,36,37);5H,1-3H3;1-2H3/b23-19-;;. The van der Waals surface area contributed by atoms with Crippen LogP contribution in [0.4, 0.5) is 5.82 Å². The summed E-state index contributed by atoms with van der Waals surface area (Å²) < 4.78 is 14.7. The summed E-state index contributed by atoms with van der Waals surface area (Å²) in [6.07, 6.45) is 10.3. The summed E-state index contributed by atoms with van der Waals surface area (Å²) >= 11 is 0. The van der Waals surface area contributed by atoms with Gasteiger partial charge in [0.25, 0.3) is 0 Å². The van der Waals surface area contributed by atoms with Crippen molar-refractivity contribution in [2.24, 2.45) is 11.6 Å². The van der Waals surface area contributed by atoms with Gasteiger partial charge < -0.3 is 35.3 Å². The maximum Gasteiger partial charge on any atom is 0.308 e. The van der Waals surface area contributed by atoms with Crippen molar-refractivity contribution in [1.82, 2.24) is 19.6 Å². The highest BCUT2D eigenvalue weighted by Crippen LogP contribution is 2.37. The number of rotatable bonds is 2. The van der Waals surface area contributed by atoms with Gasteiger partial charge in [-0.1, -0.05) is 33.1 Å². The van der Waals surface area contributed by atoms with Crippen LogP contribution >= 0.6 is 0 Å². The van der Waals surface area contributed by atoms with Gasteiger partial charge in [-0.05, 0) is 73.1 Å². The molecule has 1 saturated carbocycles. The van der Waals surface area contributed by atoms with E-state index in [9.17, 15) is 9.90 Å². The largest absolute Gasteiger partial charge is 0.481 e. The quantitative estimate of drug-likeness (QED) is 0.331. The number of hydrogen-bond acceptors (Lipinski definition) is 10. The number of carbonyl (C=O) groups is 1. The van der Waals surface area contributed by atoms with Crippen LogP contribution in [0, 0.1) is 6.92 Å². The molecule has 1 saturated heterocycles. The zero-order valence-corrected chi connectivity index (χ0v) is 29.3. The number of ether oxygens (including phenoxy) is 2. The minimum Gasteiger partial charge on any atom is -0.481 e. The lowest BCUT2D eigenvalue weighted by Gasteiger charge is -2.41. The van der Waals surface area contributed by atoms with Crippen LogP contribution in [0.5, 0.6) is 0 Å². The number of aliphatic hydroxyl groups is 1. The smallest absolute Gasteiger partial charge is 0.308 e. The fraction of sp³-hybridized carbons (Fsp3) is 0.735. The number of carboxylic acid groups (broad SMARTS) is 1. The van der Waals surface area contributed by atoms with Gasteiger partial charge in [-0.25, -0.2) is 10.8 Å². The monoisotopic (exact) mass is 645 g/mol. The van der Waals surface area contributed by atoms with Crippen LogP contribution in [0.1, 0.15) is 116 Å². The summed E-state index contributed by atoms with van der Waals surface area (Å²) in [5, 5.41) is 24.6. The zero-order chi connectivity index (χ0) is 34.1. The predicted molar refractivity (Wildman–Crippen MR) is 181 cm³/mol. The summed E-state index contributed by atoms with van der Waals surface area (Å²) in [6, 6.07) is 1.91. The normalized spacial score (nSPS) is 21.6. The highest BCUT2D eigenvalue weighted by Gasteiger charge is 2.37. The van der Waals surface area contributed by atoms with Crippen molar-refractivity contribution in [2.75, 3.05) is 31.2 Å². The lowest BCUT2D eigenvalue weighted by Crippen LogP contribution is -2.45. The molecule has 4 bridgehead atoms. The molecular weight excluding hydrogens is 586 g/mol. The Bertz CT molecular complexity index is 1300. The first-order chi connectivity index (χ1) is 21.7. The van der Waals surface area contributed by atoms with Crippen molar-refractivity contribution >= 4 is 17.4 Å². The molecule has 0 unspecified atom stereocenters. The van der Waals surface area contributed by atoms with Crippen molar-refractivity contribution < 1.29 is 24.5 Å². The molecule has 2 fully saturated rings. The van der Waals surface area contributed by atoms with Crippen molar-refractivity contribution in [3.8, 4) is 0 Å². The molecule has 2 aromatic heterocycles. The van der Waals surface area contributed by atoms with E-state index < -0.39 is 17.2 Å². The maximum atomic E-state index is 11.8. The topological polar surface area (TPSA) is 165 Å². The summed E-state index contributed by atoms with van der Waals surface area (Å²) in [7, 11) is 0. The number of piperidine rings is 1. The van der Waals surface area contributed by atoms with E-state index in [4.69, 9.17) is 36.2 Å². The molecule has 0 aromatic carbocycles. The van der Waals surface area contributed by atoms with E-state index in [0.29, 0.717) is 42.4 Å². The number of nitrogens with zero attached hydrogens (tertiary/aromatic N) is 5. The molecule has 0 radical (unpaired) electrons. The summed E-state index contributed by atoms with van der Waals surface area (Å²) in [5.74, 6) is 6.34. The summed E-state index contributed by atoms with van der Waals surface area (Å²) in [4.78, 5) is 18.8. The third kappa shape index (κ3) is 10.3. The summed E-state index contributed by atoms with van der Waals surface area (Å²) in [5.41, 5.74) is 8.88. The number of hydrazine groups is 1. The molecule has 260 valence electrons. The number of aromatic nitrogens is 3. The third-order valence-corrected chi connectivity index (χ3v) is 8.58. The SMILES string of the molecule is CC.CC(C)(C)O.Cc1nc2cc3nn2c(c1CC(=O)O)N1CCC(C)(CC1)OCCCCOC1(CCCCC1)/C(N)=C/N(N)C3. The minimum atomic E-state index is -0.892. The zero-order valence-electron chi connectivity index (χ0n) is 29.3. The lowest BCUT2D eigenvalue weighted by molar-refractivity contribution is -0.136. The third-order valence-electron chi connectivity index (χ3n) is 8.58. The van der Waals surface area contributed by atoms with Crippen molar-refractivity contribution in [1.29, 1.82) is 0 Å². The van der Waals surface area contributed by atoms with Crippen molar-refractivity contribution in [2.45, 2.75) is 136 Å². The van der Waals surface area contributed by atoms with Gasteiger partial charge in [-0.2, -0.15) is 9.61 Å². The van der Waals surface area contributed by atoms with Gasteiger partial charge in [-0.3, -0.25) is 4.79 Å². The molecule has 2 aromatic rings. The molecule has 5 heterocycles. The van der Waals surface area contributed by atoms with Gasteiger partial charge in [0.1, 0.15) is 11.4 Å². The molecule has 6 N–H and O–H groups in total.